The van der Waals surface area contributed by atoms with Gasteiger partial charge in [0, 0.05) is 30.7 Å². The zero-order valence-electron chi connectivity index (χ0n) is 10.8. The Morgan fingerprint density at radius 2 is 2.17 bits per heavy atom. The molecule has 0 radical (unpaired) electrons. The standard InChI is InChI=1S/C13H19F2NOS/c1-3-17-9(2)12-16-11(8-18-12)10-4-6-13(14,15)7-5-10/h8-10H,3-7H2,1-2H3/t9-/m0/s1. The highest BCUT2D eigenvalue weighted by Gasteiger charge is 2.36. The fourth-order valence-corrected chi connectivity index (χ4v) is 3.24. The third-order valence-electron chi connectivity index (χ3n) is 3.44. The van der Waals surface area contributed by atoms with Gasteiger partial charge in [0.25, 0.3) is 0 Å². The summed E-state index contributed by atoms with van der Waals surface area (Å²) in [6.45, 7) is 4.58. The topological polar surface area (TPSA) is 22.1 Å². The van der Waals surface area contributed by atoms with Crippen molar-refractivity contribution >= 4 is 11.3 Å². The van der Waals surface area contributed by atoms with Gasteiger partial charge < -0.3 is 4.74 Å². The monoisotopic (exact) mass is 275 g/mol. The van der Waals surface area contributed by atoms with Crippen molar-refractivity contribution in [2.75, 3.05) is 6.61 Å². The van der Waals surface area contributed by atoms with Crippen LogP contribution in [-0.2, 0) is 4.74 Å². The van der Waals surface area contributed by atoms with Crippen LogP contribution in [0.3, 0.4) is 0 Å². The van der Waals surface area contributed by atoms with Gasteiger partial charge in [-0.3, -0.25) is 0 Å². The van der Waals surface area contributed by atoms with E-state index in [0.717, 1.165) is 10.7 Å². The molecule has 0 unspecified atom stereocenters. The van der Waals surface area contributed by atoms with Gasteiger partial charge in [-0.2, -0.15) is 0 Å². The van der Waals surface area contributed by atoms with Crippen LogP contribution in [0, 0.1) is 0 Å². The molecule has 5 heteroatoms. The molecule has 0 amide bonds. The van der Waals surface area contributed by atoms with E-state index in [9.17, 15) is 8.78 Å². The van der Waals surface area contributed by atoms with Gasteiger partial charge in [-0.05, 0) is 26.7 Å². The minimum absolute atomic E-state index is 0.00113. The second-order valence-electron chi connectivity index (χ2n) is 4.84. The van der Waals surface area contributed by atoms with Gasteiger partial charge in [0.1, 0.15) is 11.1 Å². The van der Waals surface area contributed by atoms with Crippen molar-refractivity contribution in [3.05, 3.63) is 16.1 Å². The highest BCUT2D eigenvalue weighted by Crippen LogP contribution is 2.41. The minimum atomic E-state index is -2.46. The van der Waals surface area contributed by atoms with Gasteiger partial charge in [-0.25, -0.2) is 13.8 Å². The van der Waals surface area contributed by atoms with E-state index in [1.165, 1.54) is 0 Å². The summed E-state index contributed by atoms with van der Waals surface area (Å²) in [7, 11) is 0. The van der Waals surface area contributed by atoms with E-state index in [2.05, 4.69) is 4.98 Å². The van der Waals surface area contributed by atoms with E-state index in [1.54, 1.807) is 11.3 Å². The van der Waals surface area contributed by atoms with Crippen molar-refractivity contribution in [3.8, 4) is 0 Å². The third-order valence-corrected chi connectivity index (χ3v) is 4.46. The van der Waals surface area contributed by atoms with Gasteiger partial charge >= 0.3 is 0 Å². The lowest BCUT2D eigenvalue weighted by atomic mass is 9.85. The van der Waals surface area contributed by atoms with Crippen LogP contribution >= 0.6 is 11.3 Å². The number of thiazole rings is 1. The van der Waals surface area contributed by atoms with E-state index in [-0.39, 0.29) is 24.9 Å². The SMILES string of the molecule is CCO[C@@H](C)c1nc(C2CCC(F)(F)CC2)cs1. The summed E-state index contributed by atoms with van der Waals surface area (Å²) in [6.07, 6.45) is 1.06. The fraction of sp³-hybridized carbons (Fsp3) is 0.769. The molecule has 0 aliphatic heterocycles. The molecule has 1 saturated carbocycles. The number of nitrogens with zero attached hydrogens (tertiary/aromatic N) is 1. The number of aromatic nitrogens is 1. The van der Waals surface area contributed by atoms with E-state index in [4.69, 9.17) is 4.74 Å². The first-order valence-electron chi connectivity index (χ1n) is 6.46. The molecule has 0 aromatic carbocycles. The average molecular weight is 275 g/mol. The zero-order valence-corrected chi connectivity index (χ0v) is 11.6. The smallest absolute Gasteiger partial charge is 0.248 e. The van der Waals surface area contributed by atoms with Crippen LogP contribution in [0.25, 0.3) is 0 Å². The minimum Gasteiger partial charge on any atom is -0.372 e. The fourth-order valence-electron chi connectivity index (χ4n) is 2.33. The predicted octanol–water partition coefficient (Wildman–Crippen LogP) is 4.53. The molecule has 0 saturated heterocycles. The van der Waals surface area contributed by atoms with Crippen molar-refractivity contribution in [2.45, 2.75) is 57.5 Å². The van der Waals surface area contributed by atoms with Gasteiger partial charge in [-0.1, -0.05) is 0 Å². The molecule has 18 heavy (non-hydrogen) atoms. The zero-order chi connectivity index (χ0) is 13.2. The summed E-state index contributed by atoms with van der Waals surface area (Å²) < 4.78 is 31.7. The van der Waals surface area contributed by atoms with Gasteiger partial charge in [0.2, 0.25) is 5.92 Å². The Morgan fingerprint density at radius 3 is 2.78 bits per heavy atom. The molecule has 1 aliphatic rings. The molecule has 1 atom stereocenters. The molecule has 102 valence electrons. The Morgan fingerprint density at radius 1 is 1.50 bits per heavy atom. The van der Waals surface area contributed by atoms with Gasteiger partial charge in [0.15, 0.2) is 0 Å². The lowest BCUT2D eigenvalue weighted by Crippen LogP contribution is -2.23. The van der Waals surface area contributed by atoms with Crippen LogP contribution in [-0.4, -0.2) is 17.5 Å². The van der Waals surface area contributed by atoms with Crippen molar-refractivity contribution in [3.63, 3.8) is 0 Å². The second-order valence-corrected chi connectivity index (χ2v) is 5.73. The number of ether oxygens (including phenoxy) is 1. The molecule has 1 heterocycles. The van der Waals surface area contributed by atoms with Gasteiger partial charge in [0.05, 0.1) is 5.69 Å². The maximum absolute atomic E-state index is 13.1. The third kappa shape index (κ3) is 3.26. The summed E-state index contributed by atoms with van der Waals surface area (Å²) >= 11 is 1.57. The number of halogens is 2. The van der Waals surface area contributed by atoms with Crippen molar-refractivity contribution in [2.24, 2.45) is 0 Å². The number of alkyl halides is 2. The van der Waals surface area contributed by atoms with Crippen LogP contribution in [0.2, 0.25) is 0 Å². The van der Waals surface area contributed by atoms with Crippen molar-refractivity contribution in [1.82, 2.24) is 4.98 Å². The first-order chi connectivity index (χ1) is 8.52. The summed E-state index contributed by atoms with van der Waals surface area (Å²) in [5.41, 5.74) is 0.969. The predicted molar refractivity (Wildman–Crippen MR) is 68.3 cm³/mol. The Bertz CT molecular complexity index is 384. The van der Waals surface area contributed by atoms with Crippen LogP contribution in [0.5, 0.6) is 0 Å². The van der Waals surface area contributed by atoms with Gasteiger partial charge in [-0.15, -0.1) is 11.3 Å². The maximum atomic E-state index is 13.1. The molecule has 2 nitrogen and oxygen atoms in total. The second kappa shape index (κ2) is 5.61. The Labute approximate surface area is 110 Å². The average Bonchev–Trinajstić information content (AvgIpc) is 2.79. The largest absolute Gasteiger partial charge is 0.372 e. The lowest BCUT2D eigenvalue weighted by Gasteiger charge is -2.27. The Balaban J connectivity index is 1.98. The molecule has 1 aromatic rings. The molecule has 0 N–H and O–H groups in total. The van der Waals surface area contributed by atoms with Crippen LogP contribution in [0.15, 0.2) is 5.38 Å². The molecule has 0 bridgehead atoms. The Hall–Kier alpha value is -0.550. The number of hydrogen-bond acceptors (Lipinski definition) is 3. The molecular formula is C13H19F2NOS. The molecular weight excluding hydrogens is 256 g/mol. The summed E-state index contributed by atoms with van der Waals surface area (Å²) in [5.74, 6) is -2.27. The highest BCUT2D eigenvalue weighted by atomic mass is 32.1. The molecule has 1 aromatic heterocycles. The van der Waals surface area contributed by atoms with Crippen molar-refractivity contribution < 1.29 is 13.5 Å². The van der Waals surface area contributed by atoms with Crippen LogP contribution in [0.1, 0.15) is 62.3 Å². The van der Waals surface area contributed by atoms with Crippen LogP contribution < -0.4 is 0 Å². The normalized spacial score (nSPS) is 22.0. The Kier molecular flexibility index (Phi) is 4.33. The van der Waals surface area contributed by atoms with E-state index in [1.807, 2.05) is 19.2 Å². The van der Waals surface area contributed by atoms with Crippen LogP contribution in [0.4, 0.5) is 8.78 Å². The van der Waals surface area contributed by atoms with Crippen molar-refractivity contribution in [1.29, 1.82) is 0 Å². The highest BCUT2D eigenvalue weighted by molar-refractivity contribution is 7.09. The molecule has 2 rings (SSSR count). The summed E-state index contributed by atoms with van der Waals surface area (Å²) in [6, 6.07) is 0. The summed E-state index contributed by atoms with van der Waals surface area (Å²) in [4.78, 5) is 4.55. The maximum Gasteiger partial charge on any atom is 0.248 e. The summed E-state index contributed by atoms with van der Waals surface area (Å²) in [5, 5.41) is 2.95. The molecule has 1 fully saturated rings. The number of hydrogen-bond donors (Lipinski definition) is 0. The van der Waals surface area contributed by atoms with E-state index in [0.29, 0.717) is 19.4 Å². The quantitative estimate of drug-likeness (QED) is 0.805. The van der Waals surface area contributed by atoms with E-state index < -0.39 is 5.92 Å². The first-order valence-corrected chi connectivity index (χ1v) is 7.34. The first kappa shape index (κ1) is 13.9. The lowest BCUT2D eigenvalue weighted by molar-refractivity contribution is -0.0384. The van der Waals surface area contributed by atoms with E-state index >= 15 is 0 Å². The molecule has 1 aliphatic carbocycles. The number of rotatable bonds is 4. The molecule has 0 spiro atoms.